The SMILES string of the molecule is CCC(C=O)(CC)CN(C)Cc1ccccc1Cl. The van der Waals surface area contributed by atoms with E-state index in [1.54, 1.807) is 0 Å². The number of hydrogen-bond acceptors (Lipinski definition) is 2. The van der Waals surface area contributed by atoms with Crippen LogP contribution in [0.4, 0.5) is 0 Å². The molecule has 2 nitrogen and oxygen atoms in total. The summed E-state index contributed by atoms with van der Waals surface area (Å²) in [4.78, 5) is 13.5. The van der Waals surface area contributed by atoms with Gasteiger partial charge in [0.05, 0.1) is 0 Å². The Morgan fingerprint density at radius 3 is 2.39 bits per heavy atom. The highest BCUT2D eigenvalue weighted by atomic mass is 35.5. The van der Waals surface area contributed by atoms with Crippen LogP contribution in [0.5, 0.6) is 0 Å². The van der Waals surface area contributed by atoms with Crippen LogP contribution in [-0.2, 0) is 11.3 Å². The van der Waals surface area contributed by atoms with E-state index in [-0.39, 0.29) is 5.41 Å². The van der Waals surface area contributed by atoms with Crippen molar-refractivity contribution in [1.29, 1.82) is 0 Å². The Labute approximate surface area is 115 Å². The highest BCUT2D eigenvalue weighted by Crippen LogP contribution is 2.26. The summed E-state index contributed by atoms with van der Waals surface area (Å²) in [5, 5.41) is 0.786. The fourth-order valence-electron chi connectivity index (χ4n) is 2.19. The minimum absolute atomic E-state index is 0.226. The van der Waals surface area contributed by atoms with Crippen molar-refractivity contribution in [2.75, 3.05) is 13.6 Å². The largest absolute Gasteiger partial charge is 0.303 e. The lowest BCUT2D eigenvalue weighted by atomic mass is 9.83. The highest BCUT2D eigenvalue weighted by molar-refractivity contribution is 6.31. The smallest absolute Gasteiger partial charge is 0.127 e. The predicted octanol–water partition coefficient (Wildman–Crippen LogP) is 3.78. The molecule has 0 atom stereocenters. The van der Waals surface area contributed by atoms with E-state index >= 15 is 0 Å². The molecule has 0 spiro atoms. The molecule has 1 aromatic rings. The first-order chi connectivity index (χ1) is 8.56. The Balaban J connectivity index is 2.69. The first kappa shape index (κ1) is 15.2. The number of hydrogen-bond donors (Lipinski definition) is 0. The van der Waals surface area contributed by atoms with E-state index in [0.29, 0.717) is 0 Å². The van der Waals surface area contributed by atoms with Crippen LogP contribution in [0.3, 0.4) is 0 Å². The molecule has 0 saturated carbocycles. The Kier molecular flexibility index (Phi) is 5.83. The van der Waals surface area contributed by atoms with Crippen LogP contribution < -0.4 is 0 Å². The molecule has 0 aliphatic carbocycles. The van der Waals surface area contributed by atoms with Crippen molar-refractivity contribution in [3.8, 4) is 0 Å². The lowest BCUT2D eigenvalue weighted by molar-refractivity contribution is -0.117. The van der Waals surface area contributed by atoms with E-state index in [9.17, 15) is 4.79 Å². The van der Waals surface area contributed by atoms with Gasteiger partial charge in [-0.15, -0.1) is 0 Å². The average molecular weight is 268 g/mol. The van der Waals surface area contributed by atoms with Crippen LogP contribution in [0.15, 0.2) is 24.3 Å². The Hall–Kier alpha value is -0.860. The van der Waals surface area contributed by atoms with Crippen LogP contribution in [0, 0.1) is 5.41 Å². The number of carbonyl (C=O) groups excluding carboxylic acids is 1. The van der Waals surface area contributed by atoms with Crippen molar-refractivity contribution in [2.24, 2.45) is 5.41 Å². The monoisotopic (exact) mass is 267 g/mol. The Morgan fingerprint density at radius 1 is 1.28 bits per heavy atom. The molecule has 0 aliphatic heterocycles. The maximum Gasteiger partial charge on any atom is 0.127 e. The van der Waals surface area contributed by atoms with E-state index in [2.05, 4.69) is 18.7 Å². The van der Waals surface area contributed by atoms with Crippen molar-refractivity contribution < 1.29 is 4.79 Å². The molecule has 0 heterocycles. The summed E-state index contributed by atoms with van der Waals surface area (Å²) in [5.41, 5.74) is 0.879. The normalized spacial score (nSPS) is 11.8. The third-order valence-corrected chi connectivity index (χ3v) is 4.01. The molecule has 18 heavy (non-hydrogen) atoms. The molecule has 0 fully saturated rings. The molecule has 0 bridgehead atoms. The zero-order chi connectivity index (χ0) is 13.6. The van der Waals surface area contributed by atoms with Gasteiger partial charge < -0.3 is 9.69 Å². The average Bonchev–Trinajstić information content (AvgIpc) is 2.39. The molecule has 0 unspecified atom stereocenters. The molecular weight excluding hydrogens is 246 g/mol. The minimum Gasteiger partial charge on any atom is -0.303 e. The van der Waals surface area contributed by atoms with Crippen molar-refractivity contribution in [1.82, 2.24) is 4.90 Å². The van der Waals surface area contributed by atoms with E-state index in [1.165, 1.54) is 0 Å². The molecule has 3 heteroatoms. The maximum absolute atomic E-state index is 11.3. The van der Waals surface area contributed by atoms with Crippen molar-refractivity contribution in [3.63, 3.8) is 0 Å². The molecule has 0 radical (unpaired) electrons. The fourth-order valence-corrected chi connectivity index (χ4v) is 2.38. The van der Waals surface area contributed by atoms with Gasteiger partial charge in [-0.25, -0.2) is 0 Å². The minimum atomic E-state index is -0.226. The lowest BCUT2D eigenvalue weighted by Crippen LogP contribution is -2.35. The molecular formula is C15H22ClNO. The van der Waals surface area contributed by atoms with Gasteiger partial charge >= 0.3 is 0 Å². The molecule has 0 saturated heterocycles. The summed E-state index contributed by atoms with van der Waals surface area (Å²) in [6.45, 7) is 5.69. The summed E-state index contributed by atoms with van der Waals surface area (Å²) in [5.74, 6) is 0. The zero-order valence-corrected chi connectivity index (χ0v) is 12.2. The molecule has 0 amide bonds. The predicted molar refractivity (Wildman–Crippen MR) is 76.9 cm³/mol. The first-order valence-corrected chi connectivity index (χ1v) is 6.83. The first-order valence-electron chi connectivity index (χ1n) is 6.45. The van der Waals surface area contributed by atoms with Crippen LogP contribution in [0.1, 0.15) is 32.3 Å². The molecule has 0 N–H and O–H groups in total. The number of aldehydes is 1. The van der Waals surface area contributed by atoms with Crippen LogP contribution in [0.25, 0.3) is 0 Å². The van der Waals surface area contributed by atoms with Gasteiger partial charge in [-0.05, 0) is 31.5 Å². The van der Waals surface area contributed by atoms with Gasteiger partial charge in [0.1, 0.15) is 6.29 Å². The summed E-state index contributed by atoms with van der Waals surface area (Å²) in [6, 6.07) is 7.85. The van der Waals surface area contributed by atoms with E-state index in [0.717, 1.165) is 42.8 Å². The van der Waals surface area contributed by atoms with Gasteiger partial charge in [-0.2, -0.15) is 0 Å². The third-order valence-electron chi connectivity index (χ3n) is 3.64. The van der Waals surface area contributed by atoms with Gasteiger partial charge in [0.15, 0.2) is 0 Å². The maximum atomic E-state index is 11.3. The van der Waals surface area contributed by atoms with Crippen molar-refractivity contribution in [2.45, 2.75) is 33.2 Å². The number of halogens is 1. The number of nitrogens with zero attached hydrogens (tertiary/aromatic N) is 1. The zero-order valence-electron chi connectivity index (χ0n) is 11.4. The lowest BCUT2D eigenvalue weighted by Gasteiger charge is -2.30. The molecule has 100 valence electrons. The van der Waals surface area contributed by atoms with E-state index < -0.39 is 0 Å². The van der Waals surface area contributed by atoms with Crippen LogP contribution in [-0.4, -0.2) is 24.8 Å². The van der Waals surface area contributed by atoms with Gasteiger partial charge in [0.25, 0.3) is 0 Å². The highest BCUT2D eigenvalue weighted by Gasteiger charge is 2.27. The fraction of sp³-hybridized carbons (Fsp3) is 0.533. The van der Waals surface area contributed by atoms with Crippen molar-refractivity contribution in [3.05, 3.63) is 34.9 Å². The quantitative estimate of drug-likeness (QED) is 0.701. The van der Waals surface area contributed by atoms with Gasteiger partial charge in [-0.3, -0.25) is 0 Å². The third kappa shape index (κ3) is 3.82. The van der Waals surface area contributed by atoms with Gasteiger partial charge in [-0.1, -0.05) is 43.6 Å². The number of benzene rings is 1. The summed E-state index contributed by atoms with van der Waals surface area (Å²) >= 11 is 6.14. The van der Waals surface area contributed by atoms with Crippen molar-refractivity contribution >= 4 is 17.9 Å². The van der Waals surface area contributed by atoms with Gasteiger partial charge in [0.2, 0.25) is 0 Å². The summed E-state index contributed by atoms with van der Waals surface area (Å²) in [7, 11) is 2.03. The summed E-state index contributed by atoms with van der Waals surface area (Å²) < 4.78 is 0. The second-order valence-corrected chi connectivity index (χ2v) is 5.36. The molecule has 1 rings (SSSR count). The second-order valence-electron chi connectivity index (χ2n) is 4.95. The molecule has 0 aromatic heterocycles. The van der Waals surface area contributed by atoms with Gasteiger partial charge in [0, 0.05) is 23.5 Å². The topological polar surface area (TPSA) is 20.3 Å². The van der Waals surface area contributed by atoms with Crippen LogP contribution in [0.2, 0.25) is 5.02 Å². The molecule has 0 aliphatic rings. The van der Waals surface area contributed by atoms with Crippen LogP contribution >= 0.6 is 11.6 Å². The van der Waals surface area contributed by atoms with E-state index in [1.807, 2.05) is 31.3 Å². The Morgan fingerprint density at radius 2 is 1.89 bits per heavy atom. The number of rotatable bonds is 7. The second kappa shape index (κ2) is 6.91. The molecule has 1 aromatic carbocycles. The van der Waals surface area contributed by atoms with E-state index in [4.69, 9.17) is 11.6 Å². The Bertz CT molecular complexity index is 388. The summed E-state index contributed by atoms with van der Waals surface area (Å²) in [6.07, 6.45) is 2.86. The standard InChI is InChI=1S/C15H22ClNO/c1-4-15(5-2,12-18)11-17(3)10-13-8-6-7-9-14(13)16/h6-9,12H,4-5,10-11H2,1-3H3. The number of carbonyl (C=O) groups is 1.